The van der Waals surface area contributed by atoms with Crippen molar-refractivity contribution in [3.05, 3.63) is 71.7 Å². The highest BCUT2D eigenvalue weighted by Crippen LogP contribution is 2.23. The summed E-state index contributed by atoms with van der Waals surface area (Å²) in [6.45, 7) is 8.17. The van der Waals surface area contributed by atoms with Crippen LogP contribution >= 0.6 is 11.3 Å². The molecular weight excluding hydrogens is 468 g/mol. The van der Waals surface area contributed by atoms with Crippen molar-refractivity contribution in [3.63, 3.8) is 0 Å². The van der Waals surface area contributed by atoms with Crippen LogP contribution in [0.4, 0.5) is 13.9 Å². The largest absolute Gasteiger partial charge is 0.348 e. The van der Waals surface area contributed by atoms with E-state index in [9.17, 15) is 13.6 Å². The maximum atomic E-state index is 13.1. The first-order valence-corrected chi connectivity index (χ1v) is 12.4. The van der Waals surface area contributed by atoms with Crippen LogP contribution in [0.3, 0.4) is 0 Å². The molecule has 2 aromatic carbocycles. The van der Waals surface area contributed by atoms with Crippen LogP contribution in [-0.2, 0) is 11.3 Å². The monoisotopic (exact) mass is 497 g/mol. The lowest BCUT2D eigenvalue weighted by molar-refractivity contribution is -0.117. The molecule has 4 aromatic rings. The fourth-order valence-electron chi connectivity index (χ4n) is 3.41. The van der Waals surface area contributed by atoms with Crippen molar-refractivity contribution in [1.29, 1.82) is 0 Å². The van der Waals surface area contributed by atoms with Gasteiger partial charge in [0.25, 0.3) is 0 Å². The second kappa shape index (κ2) is 12.9. The highest BCUT2D eigenvalue weighted by molar-refractivity contribution is 7.13. The molecule has 2 heterocycles. The van der Waals surface area contributed by atoms with Crippen molar-refractivity contribution >= 4 is 22.3 Å². The van der Waals surface area contributed by atoms with Gasteiger partial charge >= 0.3 is 0 Å². The number of rotatable bonds is 9. The van der Waals surface area contributed by atoms with Gasteiger partial charge < -0.3 is 4.90 Å². The van der Waals surface area contributed by atoms with Gasteiger partial charge in [0, 0.05) is 35.8 Å². The Morgan fingerprint density at radius 2 is 1.51 bits per heavy atom. The van der Waals surface area contributed by atoms with Crippen LogP contribution < -0.4 is 4.90 Å². The van der Waals surface area contributed by atoms with Gasteiger partial charge in [-0.3, -0.25) is 4.79 Å². The third kappa shape index (κ3) is 7.51. The summed E-state index contributed by atoms with van der Waals surface area (Å²) >= 11 is 1.73. The van der Waals surface area contributed by atoms with E-state index in [0.717, 1.165) is 13.1 Å². The molecule has 0 aliphatic heterocycles. The summed E-state index contributed by atoms with van der Waals surface area (Å²) in [7, 11) is 0. The zero-order valence-corrected chi connectivity index (χ0v) is 20.9. The van der Waals surface area contributed by atoms with Crippen LogP contribution in [-0.4, -0.2) is 38.6 Å². The number of carbonyl (C=O) groups is 1. The third-order valence-electron chi connectivity index (χ3n) is 4.93. The van der Waals surface area contributed by atoms with Crippen molar-refractivity contribution in [3.8, 4) is 22.8 Å². The van der Waals surface area contributed by atoms with Crippen LogP contribution in [0, 0.1) is 11.6 Å². The second-order valence-corrected chi connectivity index (χ2v) is 8.81. The summed E-state index contributed by atoms with van der Waals surface area (Å²) < 4.78 is 27.6. The van der Waals surface area contributed by atoms with Gasteiger partial charge in [0.1, 0.15) is 18.2 Å². The highest BCUT2D eigenvalue weighted by atomic mass is 32.1. The smallest absolute Gasteiger partial charge is 0.185 e. The molecule has 0 aliphatic rings. The Morgan fingerprint density at radius 1 is 0.943 bits per heavy atom. The number of benzene rings is 2. The van der Waals surface area contributed by atoms with E-state index in [4.69, 9.17) is 0 Å². The van der Waals surface area contributed by atoms with Crippen LogP contribution in [0.2, 0.25) is 0 Å². The maximum Gasteiger partial charge on any atom is 0.185 e. The lowest BCUT2D eigenvalue weighted by Crippen LogP contribution is -2.24. The number of Topliss-reactive ketones (excluding diaryl/α,β-unsaturated/α-hetero) is 1. The molecule has 0 saturated carbocycles. The molecule has 0 bridgehead atoms. The number of carbonyl (C=O) groups excluding carboxylic acids is 1. The van der Waals surface area contributed by atoms with E-state index in [-0.39, 0.29) is 24.0 Å². The molecule has 0 aliphatic carbocycles. The highest BCUT2D eigenvalue weighted by Gasteiger charge is 2.15. The third-order valence-corrected chi connectivity index (χ3v) is 5.76. The molecule has 184 valence electrons. The number of anilines is 1. The predicted molar refractivity (Wildman–Crippen MR) is 136 cm³/mol. The molecule has 0 atom stereocenters. The topological polar surface area (TPSA) is 63.9 Å². The minimum Gasteiger partial charge on any atom is -0.348 e. The fourth-order valence-corrected chi connectivity index (χ4v) is 4.11. The van der Waals surface area contributed by atoms with Gasteiger partial charge in [-0.25, -0.2) is 23.4 Å². The molecule has 0 fully saturated rings. The van der Waals surface area contributed by atoms with Gasteiger partial charge in [-0.05, 0) is 68.3 Å². The van der Waals surface area contributed by atoms with Crippen LogP contribution in [0.15, 0.2) is 60.1 Å². The summed E-state index contributed by atoms with van der Waals surface area (Å²) in [5, 5.41) is 7.52. The molecule has 9 heteroatoms. The Kier molecular flexibility index (Phi) is 9.60. The lowest BCUT2D eigenvalue weighted by Gasteiger charge is -2.19. The fraction of sp³-hybridized carbons (Fsp3) is 0.308. The average Bonchev–Trinajstić information content (AvgIpc) is 3.51. The summed E-state index contributed by atoms with van der Waals surface area (Å²) in [5.41, 5.74) is 1.28. The van der Waals surface area contributed by atoms with E-state index >= 15 is 0 Å². The summed E-state index contributed by atoms with van der Waals surface area (Å²) in [4.78, 5) is 22.5. The van der Waals surface area contributed by atoms with E-state index in [2.05, 4.69) is 33.8 Å². The number of thiazole rings is 1. The first kappa shape index (κ1) is 26.2. The Morgan fingerprint density at radius 3 is 2.00 bits per heavy atom. The quantitative estimate of drug-likeness (QED) is 0.274. The minimum absolute atomic E-state index is 0.0565. The Balaban J connectivity index is 0.000000241. The first-order chi connectivity index (χ1) is 16.9. The molecule has 2 aromatic heterocycles. The number of nitrogens with zero attached hydrogens (tertiary/aromatic N) is 5. The number of hydrogen-bond acceptors (Lipinski definition) is 6. The van der Waals surface area contributed by atoms with Gasteiger partial charge in [0.05, 0.1) is 0 Å². The molecule has 0 amide bonds. The number of hydrogen-bond donors (Lipinski definition) is 0. The lowest BCUT2D eigenvalue weighted by atomic mass is 10.2. The van der Waals surface area contributed by atoms with E-state index in [1.54, 1.807) is 35.6 Å². The molecule has 0 saturated heterocycles. The van der Waals surface area contributed by atoms with E-state index in [1.165, 1.54) is 53.8 Å². The molecule has 0 N–H and O–H groups in total. The van der Waals surface area contributed by atoms with Crippen LogP contribution in [0.5, 0.6) is 0 Å². The van der Waals surface area contributed by atoms with Gasteiger partial charge in [-0.2, -0.15) is 0 Å². The number of aromatic nitrogens is 4. The van der Waals surface area contributed by atoms with Gasteiger partial charge in [-0.1, -0.05) is 13.8 Å². The van der Waals surface area contributed by atoms with Crippen molar-refractivity contribution in [2.24, 2.45) is 0 Å². The van der Waals surface area contributed by atoms with Gasteiger partial charge in [0.15, 0.2) is 22.6 Å². The Bertz CT molecular complexity index is 1190. The molecule has 0 radical (unpaired) electrons. The summed E-state index contributed by atoms with van der Waals surface area (Å²) in [5.74, 6) is 0.0508. The van der Waals surface area contributed by atoms with Gasteiger partial charge in [0.2, 0.25) is 0 Å². The second-order valence-electron chi connectivity index (χ2n) is 7.93. The first-order valence-electron chi connectivity index (χ1n) is 11.5. The summed E-state index contributed by atoms with van der Waals surface area (Å²) in [6, 6.07) is 11.6. The molecule has 4 rings (SSSR count). The Hall–Kier alpha value is -3.46. The standard InChI is InChI=1S/C17H13F2N3O.C9H16N2S/c1-11(23)10-22-17(13-4-8-15(19)9-5-13)20-16(21-22)12-2-6-14(18)7-3-12;1-3-6-11(7-4-2)9-10-5-8-12-9/h2-9H,10H2,1H3;5,8H,3-4,6-7H2,1-2H3. The zero-order valence-electron chi connectivity index (χ0n) is 20.1. The molecular formula is C26H29F2N5OS. The van der Waals surface area contributed by atoms with Crippen LogP contribution in [0.1, 0.15) is 33.6 Å². The molecule has 35 heavy (non-hydrogen) atoms. The van der Waals surface area contributed by atoms with Crippen molar-refractivity contribution in [1.82, 2.24) is 19.7 Å². The SMILES string of the molecule is CC(=O)Cn1nc(-c2ccc(F)cc2)nc1-c1ccc(F)cc1.CCCN(CCC)c1nccs1. The predicted octanol–water partition coefficient (Wildman–Crippen LogP) is 6.25. The van der Waals surface area contributed by atoms with Crippen LogP contribution in [0.25, 0.3) is 22.8 Å². The van der Waals surface area contributed by atoms with Crippen molar-refractivity contribution < 1.29 is 13.6 Å². The summed E-state index contributed by atoms with van der Waals surface area (Å²) in [6.07, 6.45) is 4.26. The molecule has 0 spiro atoms. The molecule has 6 nitrogen and oxygen atoms in total. The van der Waals surface area contributed by atoms with Crippen molar-refractivity contribution in [2.75, 3.05) is 18.0 Å². The normalized spacial score (nSPS) is 10.5. The van der Waals surface area contributed by atoms with E-state index in [1.807, 2.05) is 11.6 Å². The number of halogens is 2. The maximum absolute atomic E-state index is 13.1. The van der Waals surface area contributed by atoms with E-state index < -0.39 is 0 Å². The zero-order chi connectivity index (χ0) is 25.2. The molecule has 0 unspecified atom stereocenters. The number of ketones is 1. The van der Waals surface area contributed by atoms with Gasteiger partial charge in [-0.15, -0.1) is 16.4 Å². The van der Waals surface area contributed by atoms with Crippen molar-refractivity contribution in [2.45, 2.75) is 40.2 Å². The van der Waals surface area contributed by atoms with E-state index in [0.29, 0.717) is 22.8 Å². The minimum atomic E-state index is -0.356. The average molecular weight is 498 g/mol. The Labute approximate surface area is 208 Å².